The molecule has 0 radical (unpaired) electrons. The van der Waals surface area contributed by atoms with Crippen molar-refractivity contribution in [3.05, 3.63) is 70.1 Å². The summed E-state index contributed by atoms with van der Waals surface area (Å²) in [4.78, 5) is 37.0. The fourth-order valence-electron chi connectivity index (χ4n) is 2.26. The van der Waals surface area contributed by atoms with E-state index in [1.54, 1.807) is 30.3 Å². The summed E-state index contributed by atoms with van der Waals surface area (Å²) >= 11 is 0.868. The van der Waals surface area contributed by atoms with Crippen molar-refractivity contribution >= 4 is 40.6 Å². The largest absolute Gasteiger partial charge is 0.478 e. The number of rotatable bonds is 3. The van der Waals surface area contributed by atoms with Crippen molar-refractivity contribution < 1.29 is 19.5 Å². The highest BCUT2D eigenvalue weighted by Crippen LogP contribution is 2.35. The van der Waals surface area contributed by atoms with Gasteiger partial charge in [0.25, 0.3) is 11.1 Å². The molecule has 0 unspecified atom stereocenters. The second-order valence-electron chi connectivity index (χ2n) is 5.28. The molecule has 1 heterocycles. The van der Waals surface area contributed by atoms with E-state index in [0.29, 0.717) is 16.2 Å². The molecule has 0 saturated carbocycles. The SMILES string of the molecule is Cc1ccc(N2C(=O)S/C(=C/c3ccc(C(=O)O)cc3)C2=O)cc1. The van der Waals surface area contributed by atoms with E-state index in [0.717, 1.165) is 22.2 Å². The Kier molecular flexibility index (Phi) is 4.22. The summed E-state index contributed by atoms with van der Waals surface area (Å²) in [7, 11) is 0. The maximum absolute atomic E-state index is 12.5. The van der Waals surface area contributed by atoms with Crippen LogP contribution in [0.2, 0.25) is 0 Å². The van der Waals surface area contributed by atoms with Gasteiger partial charge in [0.2, 0.25) is 0 Å². The number of nitrogens with zero attached hydrogens (tertiary/aromatic N) is 1. The van der Waals surface area contributed by atoms with Crippen molar-refractivity contribution in [2.24, 2.45) is 0 Å². The first kappa shape index (κ1) is 16.0. The molecule has 1 saturated heterocycles. The molecule has 0 spiro atoms. The van der Waals surface area contributed by atoms with Gasteiger partial charge >= 0.3 is 5.97 Å². The Hall–Kier alpha value is -2.86. The molecule has 1 aliphatic heterocycles. The lowest BCUT2D eigenvalue weighted by atomic mass is 10.1. The summed E-state index contributed by atoms with van der Waals surface area (Å²) in [5.74, 6) is -1.39. The smallest absolute Gasteiger partial charge is 0.335 e. The van der Waals surface area contributed by atoms with Crippen LogP contribution in [-0.4, -0.2) is 22.2 Å². The first-order valence-corrected chi connectivity index (χ1v) is 7.95. The van der Waals surface area contributed by atoms with Crippen LogP contribution in [0.3, 0.4) is 0 Å². The minimum Gasteiger partial charge on any atom is -0.478 e. The Morgan fingerprint density at radius 3 is 2.25 bits per heavy atom. The zero-order chi connectivity index (χ0) is 17.3. The van der Waals surface area contributed by atoms with Gasteiger partial charge in [0.05, 0.1) is 16.2 Å². The topological polar surface area (TPSA) is 74.7 Å². The normalized spacial score (nSPS) is 16.0. The number of anilines is 1. The molecule has 1 N–H and O–H groups in total. The molecule has 1 aliphatic rings. The number of imide groups is 1. The highest BCUT2D eigenvalue weighted by molar-refractivity contribution is 8.19. The van der Waals surface area contributed by atoms with E-state index < -0.39 is 5.97 Å². The van der Waals surface area contributed by atoms with E-state index in [4.69, 9.17) is 5.11 Å². The third-order valence-electron chi connectivity index (χ3n) is 3.54. The molecule has 0 bridgehead atoms. The predicted octanol–water partition coefficient (Wildman–Crippen LogP) is 3.93. The standard InChI is InChI=1S/C18H13NO4S/c1-11-2-8-14(9-3-11)19-16(20)15(24-18(19)23)10-12-4-6-13(7-5-12)17(21)22/h2-10H,1H3,(H,21,22)/b15-10+. The van der Waals surface area contributed by atoms with Crippen LogP contribution >= 0.6 is 11.8 Å². The Morgan fingerprint density at radius 1 is 1.04 bits per heavy atom. The fraction of sp³-hybridized carbons (Fsp3) is 0.0556. The lowest BCUT2D eigenvalue weighted by Crippen LogP contribution is -2.27. The summed E-state index contributed by atoms with van der Waals surface area (Å²) < 4.78 is 0. The number of thioether (sulfide) groups is 1. The molecule has 2 aromatic carbocycles. The number of hydrogen-bond donors (Lipinski definition) is 1. The molecule has 0 atom stereocenters. The molecule has 2 amide bonds. The third-order valence-corrected chi connectivity index (χ3v) is 4.41. The molecular weight excluding hydrogens is 326 g/mol. The van der Waals surface area contributed by atoms with Crippen LogP contribution in [0.25, 0.3) is 6.08 Å². The minimum absolute atomic E-state index is 0.167. The summed E-state index contributed by atoms with van der Waals surface area (Å²) in [6.45, 7) is 1.93. The highest BCUT2D eigenvalue weighted by atomic mass is 32.2. The quantitative estimate of drug-likeness (QED) is 0.858. The number of carbonyl (C=O) groups is 3. The first-order chi connectivity index (χ1) is 11.5. The maximum atomic E-state index is 12.5. The van der Waals surface area contributed by atoms with Gasteiger partial charge < -0.3 is 5.11 Å². The third kappa shape index (κ3) is 3.09. The number of carboxylic acid groups (broad SMARTS) is 1. The van der Waals surface area contributed by atoms with Crippen LogP contribution in [0.1, 0.15) is 21.5 Å². The summed E-state index contributed by atoms with van der Waals surface area (Å²) in [5, 5.41) is 8.54. The second-order valence-corrected chi connectivity index (χ2v) is 6.27. The summed E-state index contributed by atoms with van der Waals surface area (Å²) in [5.41, 5.74) is 2.40. The monoisotopic (exact) mass is 339 g/mol. The van der Waals surface area contributed by atoms with Crippen LogP contribution in [0.15, 0.2) is 53.4 Å². The molecule has 6 heteroatoms. The van der Waals surface area contributed by atoms with Crippen LogP contribution in [0.4, 0.5) is 10.5 Å². The summed E-state index contributed by atoms with van der Waals surface area (Å²) in [6.07, 6.45) is 1.59. The van der Waals surface area contributed by atoms with E-state index >= 15 is 0 Å². The molecule has 120 valence electrons. The van der Waals surface area contributed by atoms with Crippen LogP contribution in [0, 0.1) is 6.92 Å². The highest BCUT2D eigenvalue weighted by Gasteiger charge is 2.36. The van der Waals surface area contributed by atoms with Gasteiger partial charge in [-0.15, -0.1) is 0 Å². The van der Waals surface area contributed by atoms with Gasteiger partial charge in [0, 0.05) is 0 Å². The molecule has 3 rings (SSSR count). The van der Waals surface area contributed by atoms with Gasteiger partial charge in [0.15, 0.2) is 0 Å². The van der Waals surface area contributed by atoms with Crippen molar-refractivity contribution in [1.29, 1.82) is 0 Å². The lowest BCUT2D eigenvalue weighted by Gasteiger charge is -2.12. The molecule has 1 fully saturated rings. The molecule has 24 heavy (non-hydrogen) atoms. The number of carboxylic acids is 1. The second kappa shape index (κ2) is 6.33. The summed E-state index contributed by atoms with van der Waals surface area (Å²) in [6, 6.07) is 13.3. The van der Waals surface area contributed by atoms with E-state index in [1.807, 2.05) is 19.1 Å². The van der Waals surface area contributed by atoms with Crippen molar-refractivity contribution in [3.63, 3.8) is 0 Å². The Bertz CT molecular complexity index is 854. The molecular formula is C18H13NO4S. The van der Waals surface area contributed by atoms with E-state index in [2.05, 4.69) is 0 Å². The van der Waals surface area contributed by atoms with Gasteiger partial charge in [-0.25, -0.2) is 9.69 Å². The van der Waals surface area contributed by atoms with Gasteiger partial charge in [-0.1, -0.05) is 29.8 Å². The van der Waals surface area contributed by atoms with Crippen molar-refractivity contribution in [2.45, 2.75) is 6.92 Å². The van der Waals surface area contributed by atoms with E-state index in [1.165, 1.54) is 12.1 Å². The average molecular weight is 339 g/mol. The van der Waals surface area contributed by atoms with Gasteiger partial charge in [0.1, 0.15) is 0 Å². The predicted molar refractivity (Wildman–Crippen MR) is 93.0 cm³/mol. The number of aromatic carboxylic acids is 1. The van der Waals surface area contributed by atoms with Crippen LogP contribution < -0.4 is 4.90 Å². The van der Waals surface area contributed by atoms with Crippen molar-refractivity contribution in [2.75, 3.05) is 4.90 Å². The fourth-order valence-corrected chi connectivity index (χ4v) is 3.10. The zero-order valence-corrected chi connectivity index (χ0v) is 13.5. The maximum Gasteiger partial charge on any atom is 0.335 e. The van der Waals surface area contributed by atoms with E-state index in [-0.39, 0.29) is 16.7 Å². The van der Waals surface area contributed by atoms with Crippen molar-refractivity contribution in [1.82, 2.24) is 0 Å². The number of aryl methyl sites for hydroxylation is 1. The molecule has 5 nitrogen and oxygen atoms in total. The Labute approximate surface area is 142 Å². The van der Waals surface area contributed by atoms with Gasteiger partial charge in [-0.3, -0.25) is 9.59 Å². The zero-order valence-electron chi connectivity index (χ0n) is 12.7. The number of hydrogen-bond acceptors (Lipinski definition) is 4. The number of carbonyl (C=O) groups excluding carboxylic acids is 2. The Balaban J connectivity index is 1.87. The van der Waals surface area contributed by atoms with E-state index in [9.17, 15) is 14.4 Å². The molecule has 2 aromatic rings. The first-order valence-electron chi connectivity index (χ1n) is 7.14. The van der Waals surface area contributed by atoms with Crippen LogP contribution in [0.5, 0.6) is 0 Å². The Morgan fingerprint density at radius 2 is 1.67 bits per heavy atom. The van der Waals surface area contributed by atoms with Crippen LogP contribution in [-0.2, 0) is 4.79 Å². The van der Waals surface area contributed by atoms with Crippen molar-refractivity contribution in [3.8, 4) is 0 Å². The lowest BCUT2D eigenvalue weighted by molar-refractivity contribution is -0.113. The minimum atomic E-state index is -1.01. The van der Waals surface area contributed by atoms with Gasteiger partial charge in [-0.05, 0) is 54.6 Å². The molecule has 0 aliphatic carbocycles. The van der Waals surface area contributed by atoms with Gasteiger partial charge in [-0.2, -0.15) is 0 Å². The molecule has 0 aromatic heterocycles. The average Bonchev–Trinajstić information content (AvgIpc) is 2.83. The number of amides is 2. The number of benzene rings is 2.